The summed E-state index contributed by atoms with van der Waals surface area (Å²) in [5.74, 6) is 0. The maximum Gasteiger partial charge on any atom is 0.0502 e. The summed E-state index contributed by atoms with van der Waals surface area (Å²) >= 11 is 1.98. The van der Waals surface area contributed by atoms with Gasteiger partial charge in [0.1, 0.15) is 0 Å². The molecule has 0 saturated heterocycles. The quantitative estimate of drug-likeness (QED) is 0.623. The van der Waals surface area contributed by atoms with Crippen molar-refractivity contribution in [2.75, 3.05) is 18.5 Å². The van der Waals surface area contributed by atoms with Crippen LogP contribution in [0.4, 0.5) is 5.69 Å². The molecule has 0 radical (unpaired) electrons. The summed E-state index contributed by atoms with van der Waals surface area (Å²) in [6, 6.07) is 8.62. The van der Waals surface area contributed by atoms with E-state index in [1.807, 2.05) is 11.8 Å². The van der Waals surface area contributed by atoms with Crippen LogP contribution in [-0.2, 0) is 0 Å². The average Bonchev–Trinajstić information content (AvgIpc) is 2.02. The molecule has 0 saturated carbocycles. The van der Waals surface area contributed by atoms with Gasteiger partial charge in [-0.1, -0.05) is 12.1 Å². The number of fused-ring (bicyclic) bond motifs is 1. The first-order valence-electron chi connectivity index (χ1n) is 4.58. The van der Waals surface area contributed by atoms with Crippen molar-refractivity contribution in [3.05, 3.63) is 24.3 Å². The maximum absolute atomic E-state index is 2.34. The fourth-order valence-electron chi connectivity index (χ4n) is 1.85. The van der Waals surface area contributed by atoms with Crippen molar-refractivity contribution in [2.24, 2.45) is 0 Å². The van der Waals surface area contributed by atoms with Crippen molar-refractivity contribution in [2.45, 2.75) is 23.5 Å². The fraction of sp³-hybridized carbons (Fsp3) is 0.455. The highest BCUT2D eigenvalue weighted by atomic mass is 32.2. The SMILES string of the molecule is CN1CC(C)(C)Sc2ccccc21. The van der Waals surface area contributed by atoms with E-state index in [1.165, 1.54) is 10.6 Å². The molecule has 1 heterocycles. The van der Waals surface area contributed by atoms with Crippen LogP contribution in [0.1, 0.15) is 13.8 Å². The lowest BCUT2D eigenvalue weighted by Crippen LogP contribution is -2.37. The molecule has 0 aliphatic carbocycles. The Morgan fingerprint density at radius 2 is 2.00 bits per heavy atom. The number of thioether (sulfide) groups is 1. The van der Waals surface area contributed by atoms with E-state index in [2.05, 4.69) is 50.1 Å². The molecule has 0 aromatic heterocycles. The second kappa shape index (κ2) is 2.95. The highest BCUT2D eigenvalue weighted by Crippen LogP contribution is 2.43. The monoisotopic (exact) mass is 193 g/mol. The van der Waals surface area contributed by atoms with Gasteiger partial charge in [-0.3, -0.25) is 0 Å². The molecule has 0 amide bonds. The van der Waals surface area contributed by atoms with Gasteiger partial charge in [-0.15, -0.1) is 11.8 Å². The summed E-state index contributed by atoms with van der Waals surface area (Å²) in [7, 11) is 2.17. The lowest BCUT2D eigenvalue weighted by atomic mass is 10.1. The summed E-state index contributed by atoms with van der Waals surface area (Å²) < 4.78 is 0.336. The molecule has 1 aliphatic heterocycles. The van der Waals surface area contributed by atoms with Crippen LogP contribution in [0.15, 0.2) is 29.2 Å². The molecule has 0 bridgehead atoms. The van der Waals surface area contributed by atoms with Crippen molar-refractivity contribution in [3.8, 4) is 0 Å². The summed E-state index contributed by atoms with van der Waals surface area (Å²) in [5, 5.41) is 0. The Balaban J connectivity index is 2.43. The number of rotatable bonds is 0. The molecule has 0 fully saturated rings. The van der Waals surface area contributed by atoms with Gasteiger partial charge in [0.15, 0.2) is 0 Å². The number of para-hydroxylation sites is 1. The lowest BCUT2D eigenvalue weighted by molar-refractivity contribution is 0.676. The molecule has 0 atom stereocenters. The van der Waals surface area contributed by atoms with Gasteiger partial charge >= 0.3 is 0 Å². The van der Waals surface area contributed by atoms with Crippen molar-refractivity contribution >= 4 is 17.4 Å². The van der Waals surface area contributed by atoms with Crippen LogP contribution in [0, 0.1) is 0 Å². The summed E-state index contributed by atoms with van der Waals surface area (Å²) in [6.45, 7) is 5.71. The molecule has 70 valence electrons. The second-order valence-electron chi connectivity index (χ2n) is 4.19. The van der Waals surface area contributed by atoms with Gasteiger partial charge in [0, 0.05) is 23.2 Å². The third-order valence-corrected chi connectivity index (χ3v) is 3.53. The van der Waals surface area contributed by atoms with Crippen molar-refractivity contribution < 1.29 is 0 Å². The van der Waals surface area contributed by atoms with Gasteiger partial charge in [-0.25, -0.2) is 0 Å². The topological polar surface area (TPSA) is 3.24 Å². The van der Waals surface area contributed by atoms with E-state index < -0.39 is 0 Å². The minimum atomic E-state index is 0.336. The zero-order valence-corrected chi connectivity index (χ0v) is 9.19. The average molecular weight is 193 g/mol. The van der Waals surface area contributed by atoms with Crippen molar-refractivity contribution in [1.29, 1.82) is 0 Å². The van der Waals surface area contributed by atoms with Crippen molar-refractivity contribution in [3.63, 3.8) is 0 Å². The fourth-order valence-corrected chi connectivity index (χ4v) is 3.17. The molecule has 0 N–H and O–H groups in total. The Kier molecular flexibility index (Phi) is 2.03. The first kappa shape index (κ1) is 8.95. The van der Waals surface area contributed by atoms with Crippen LogP contribution >= 0.6 is 11.8 Å². The van der Waals surface area contributed by atoms with Crippen LogP contribution in [0.2, 0.25) is 0 Å². The molecule has 0 spiro atoms. The van der Waals surface area contributed by atoms with E-state index in [-0.39, 0.29) is 0 Å². The lowest BCUT2D eigenvalue weighted by Gasteiger charge is -2.37. The Morgan fingerprint density at radius 3 is 2.77 bits per heavy atom. The number of hydrogen-bond acceptors (Lipinski definition) is 2. The zero-order chi connectivity index (χ0) is 9.47. The van der Waals surface area contributed by atoms with Crippen LogP contribution in [0.5, 0.6) is 0 Å². The second-order valence-corrected chi connectivity index (χ2v) is 5.93. The number of nitrogens with zero attached hydrogens (tertiary/aromatic N) is 1. The molecule has 1 aromatic rings. The minimum Gasteiger partial charge on any atom is -0.372 e. The first-order chi connectivity index (χ1) is 6.08. The molecule has 0 unspecified atom stereocenters. The largest absolute Gasteiger partial charge is 0.372 e. The van der Waals surface area contributed by atoms with E-state index in [0.29, 0.717) is 4.75 Å². The van der Waals surface area contributed by atoms with E-state index >= 15 is 0 Å². The van der Waals surface area contributed by atoms with Gasteiger partial charge in [-0.2, -0.15) is 0 Å². The first-order valence-corrected chi connectivity index (χ1v) is 5.39. The third-order valence-electron chi connectivity index (χ3n) is 2.28. The zero-order valence-electron chi connectivity index (χ0n) is 8.37. The third kappa shape index (κ3) is 1.68. The molecule has 2 rings (SSSR count). The van der Waals surface area contributed by atoms with E-state index in [0.717, 1.165) is 6.54 Å². The molecular formula is C11H15NS. The molecule has 1 nitrogen and oxygen atoms in total. The predicted octanol–water partition coefficient (Wildman–Crippen LogP) is 3.01. The Hall–Kier alpha value is -0.630. The molecular weight excluding hydrogens is 178 g/mol. The predicted molar refractivity (Wildman–Crippen MR) is 59.6 cm³/mol. The van der Waals surface area contributed by atoms with Gasteiger partial charge in [0.25, 0.3) is 0 Å². The van der Waals surface area contributed by atoms with Crippen LogP contribution < -0.4 is 4.90 Å². The highest BCUT2D eigenvalue weighted by molar-refractivity contribution is 8.00. The summed E-state index contributed by atoms with van der Waals surface area (Å²) in [6.07, 6.45) is 0. The summed E-state index contributed by atoms with van der Waals surface area (Å²) in [4.78, 5) is 3.74. The normalized spacial score (nSPS) is 19.8. The van der Waals surface area contributed by atoms with Gasteiger partial charge < -0.3 is 4.90 Å². The Morgan fingerprint density at radius 1 is 1.31 bits per heavy atom. The smallest absolute Gasteiger partial charge is 0.0502 e. The Bertz CT molecular complexity index is 320. The molecule has 1 aliphatic rings. The Labute approximate surface area is 84.1 Å². The number of benzene rings is 1. The van der Waals surface area contributed by atoms with Gasteiger partial charge in [-0.05, 0) is 26.0 Å². The minimum absolute atomic E-state index is 0.336. The van der Waals surface area contributed by atoms with Crippen LogP contribution in [-0.4, -0.2) is 18.3 Å². The van der Waals surface area contributed by atoms with Crippen LogP contribution in [0.25, 0.3) is 0 Å². The molecule has 13 heavy (non-hydrogen) atoms. The molecule has 2 heteroatoms. The summed E-state index contributed by atoms with van der Waals surface area (Å²) in [5.41, 5.74) is 1.37. The van der Waals surface area contributed by atoms with E-state index in [4.69, 9.17) is 0 Å². The number of hydrogen-bond donors (Lipinski definition) is 0. The van der Waals surface area contributed by atoms with E-state index in [1.54, 1.807) is 0 Å². The van der Waals surface area contributed by atoms with Gasteiger partial charge in [0.05, 0.1) is 5.69 Å². The van der Waals surface area contributed by atoms with Gasteiger partial charge in [0.2, 0.25) is 0 Å². The van der Waals surface area contributed by atoms with Crippen molar-refractivity contribution in [1.82, 2.24) is 0 Å². The van der Waals surface area contributed by atoms with Crippen LogP contribution in [0.3, 0.4) is 0 Å². The maximum atomic E-state index is 2.34. The molecule has 1 aromatic carbocycles. The van der Waals surface area contributed by atoms with E-state index in [9.17, 15) is 0 Å². The highest BCUT2D eigenvalue weighted by Gasteiger charge is 2.28. The standard InChI is InChI=1S/C11H15NS/c1-11(2)8-12(3)9-6-4-5-7-10(9)13-11/h4-7H,8H2,1-3H3. The number of anilines is 1.